The molecule has 168 valence electrons. The van der Waals surface area contributed by atoms with Gasteiger partial charge in [0.15, 0.2) is 0 Å². The van der Waals surface area contributed by atoms with Crippen molar-refractivity contribution in [2.45, 2.75) is 25.7 Å². The predicted molar refractivity (Wildman–Crippen MR) is 134 cm³/mol. The molecule has 2 aliphatic rings. The highest BCUT2D eigenvalue weighted by Crippen LogP contribution is 2.34. The van der Waals surface area contributed by atoms with Gasteiger partial charge in [-0.2, -0.15) is 0 Å². The fraction of sp³-hybridized carbons (Fsp3) is 0.346. The van der Waals surface area contributed by atoms with Crippen LogP contribution in [0.5, 0.6) is 0 Å². The van der Waals surface area contributed by atoms with Crippen LogP contribution in [-0.2, 0) is 19.9 Å². The van der Waals surface area contributed by atoms with Gasteiger partial charge in [-0.3, -0.25) is 14.2 Å². The number of aryl methyl sites for hydroxylation is 2. The van der Waals surface area contributed by atoms with Crippen molar-refractivity contribution in [2.75, 3.05) is 31.1 Å². The SMILES string of the molecule is Cn1c(N2CCN(C(=O)c3cccc4ccccc34)CC2)nc2sc3c(c2c1=O)CCCC3. The Hall–Kier alpha value is -3.19. The minimum absolute atomic E-state index is 0.0589. The van der Waals surface area contributed by atoms with Crippen LogP contribution in [0, 0.1) is 0 Å². The summed E-state index contributed by atoms with van der Waals surface area (Å²) in [5.41, 5.74) is 2.03. The Morgan fingerprint density at radius 1 is 0.970 bits per heavy atom. The summed E-state index contributed by atoms with van der Waals surface area (Å²) in [4.78, 5) is 37.8. The van der Waals surface area contributed by atoms with Crippen LogP contribution in [0.15, 0.2) is 47.3 Å². The molecule has 7 heteroatoms. The first kappa shape index (κ1) is 20.4. The van der Waals surface area contributed by atoms with Gasteiger partial charge in [0.2, 0.25) is 5.95 Å². The summed E-state index contributed by atoms with van der Waals surface area (Å²) in [6, 6.07) is 13.9. The summed E-state index contributed by atoms with van der Waals surface area (Å²) < 4.78 is 1.70. The third-order valence-electron chi connectivity index (χ3n) is 7.04. The van der Waals surface area contributed by atoms with E-state index in [0.717, 1.165) is 45.8 Å². The van der Waals surface area contributed by atoms with Crippen LogP contribution < -0.4 is 10.5 Å². The van der Waals surface area contributed by atoms with E-state index in [0.29, 0.717) is 32.1 Å². The minimum Gasteiger partial charge on any atom is -0.339 e. The quantitative estimate of drug-likeness (QED) is 0.456. The summed E-state index contributed by atoms with van der Waals surface area (Å²) in [6.45, 7) is 2.54. The highest BCUT2D eigenvalue weighted by molar-refractivity contribution is 7.18. The summed E-state index contributed by atoms with van der Waals surface area (Å²) in [5.74, 6) is 0.776. The Morgan fingerprint density at radius 3 is 2.58 bits per heavy atom. The number of anilines is 1. The van der Waals surface area contributed by atoms with E-state index in [4.69, 9.17) is 4.98 Å². The molecule has 1 aliphatic carbocycles. The second-order valence-electron chi connectivity index (χ2n) is 8.97. The molecule has 0 atom stereocenters. The molecule has 1 fully saturated rings. The lowest BCUT2D eigenvalue weighted by atomic mass is 9.97. The monoisotopic (exact) mass is 458 g/mol. The average molecular weight is 459 g/mol. The zero-order valence-electron chi connectivity index (χ0n) is 18.7. The van der Waals surface area contributed by atoms with Crippen molar-refractivity contribution in [2.24, 2.45) is 7.05 Å². The number of hydrogen-bond donors (Lipinski definition) is 0. The van der Waals surface area contributed by atoms with Crippen molar-refractivity contribution in [1.82, 2.24) is 14.5 Å². The third kappa shape index (κ3) is 3.33. The second kappa shape index (κ2) is 7.99. The molecule has 3 heterocycles. The van der Waals surface area contributed by atoms with Crippen LogP contribution in [0.3, 0.4) is 0 Å². The molecule has 33 heavy (non-hydrogen) atoms. The van der Waals surface area contributed by atoms with Crippen LogP contribution in [0.25, 0.3) is 21.0 Å². The summed E-state index contributed by atoms with van der Waals surface area (Å²) in [7, 11) is 1.82. The van der Waals surface area contributed by atoms with E-state index in [1.807, 2.05) is 54.4 Å². The van der Waals surface area contributed by atoms with Crippen molar-refractivity contribution in [3.8, 4) is 0 Å². The number of amides is 1. The van der Waals surface area contributed by atoms with E-state index in [1.54, 1.807) is 15.9 Å². The first-order chi connectivity index (χ1) is 16.1. The molecule has 0 bridgehead atoms. The number of piperazine rings is 1. The standard InChI is InChI=1S/C26H26N4O2S/c1-28-25(32)22-20-10-4-5-12-21(20)33-23(22)27-26(28)30-15-13-29(14-16-30)24(31)19-11-6-8-17-7-2-3-9-18(17)19/h2-3,6-9,11H,4-5,10,12-16H2,1H3. The first-order valence-corrected chi connectivity index (χ1v) is 12.5. The molecule has 2 aromatic carbocycles. The zero-order valence-corrected chi connectivity index (χ0v) is 19.5. The maximum Gasteiger partial charge on any atom is 0.263 e. The number of rotatable bonds is 2. The van der Waals surface area contributed by atoms with E-state index >= 15 is 0 Å². The van der Waals surface area contributed by atoms with E-state index in [-0.39, 0.29) is 11.5 Å². The maximum absolute atomic E-state index is 13.3. The number of carbonyl (C=O) groups is 1. The Morgan fingerprint density at radius 2 is 1.73 bits per heavy atom. The Bertz CT molecular complexity index is 1440. The number of benzene rings is 2. The third-order valence-corrected chi connectivity index (χ3v) is 8.23. The van der Waals surface area contributed by atoms with Crippen LogP contribution in [0.4, 0.5) is 5.95 Å². The number of carbonyl (C=O) groups excluding carboxylic acids is 1. The molecule has 0 saturated carbocycles. The Labute approximate surface area is 196 Å². The summed E-state index contributed by atoms with van der Waals surface area (Å²) >= 11 is 1.69. The normalized spacial score (nSPS) is 16.4. The van der Waals surface area contributed by atoms with Gasteiger partial charge in [0, 0.05) is 43.7 Å². The molecule has 4 aromatic rings. The summed E-state index contributed by atoms with van der Waals surface area (Å²) in [6.07, 6.45) is 4.39. The van der Waals surface area contributed by atoms with E-state index in [9.17, 15) is 9.59 Å². The average Bonchev–Trinajstić information content (AvgIpc) is 3.24. The molecule has 1 aliphatic heterocycles. The van der Waals surface area contributed by atoms with Gasteiger partial charge in [-0.1, -0.05) is 36.4 Å². The van der Waals surface area contributed by atoms with Gasteiger partial charge in [-0.25, -0.2) is 4.98 Å². The Balaban J connectivity index is 1.26. The fourth-order valence-corrected chi connectivity index (χ4v) is 6.50. The highest BCUT2D eigenvalue weighted by atomic mass is 32.1. The number of thiophene rings is 1. The molecule has 0 N–H and O–H groups in total. The van der Waals surface area contributed by atoms with Gasteiger partial charge in [-0.05, 0) is 48.1 Å². The highest BCUT2D eigenvalue weighted by Gasteiger charge is 2.27. The van der Waals surface area contributed by atoms with Crippen LogP contribution in [0.2, 0.25) is 0 Å². The molecule has 2 aromatic heterocycles. The van der Waals surface area contributed by atoms with Crippen molar-refractivity contribution in [1.29, 1.82) is 0 Å². The number of nitrogens with zero attached hydrogens (tertiary/aromatic N) is 4. The first-order valence-electron chi connectivity index (χ1n) is 11.6. The second-order valence-corrected chi connectivity index (χ2v) is 10.1. The van der Waals surface area contributed by atoms with Gasteiger partial charge in [-0.15, -0.1) is 11.3 Å². The van der Waals surface area contributed by atoms with Crippen LogP contribution >= 0.6 is 11.3 Å². The topological polar surface area (TPSA) is 58.4 Å². The molecule has 0 radical (unpaired) electrons. The molecule has 1 saturated heterocycles. The van der Waals surface area contributed by atoms with E-state index in [1.165, 1.54) is 16.9 Å². The van der Waals surface area contributed by atoms with E-state index in [2.05, 4.69) is 4.90 Å². The maximum atomic E-state index is 13.3. The summed E-state index contributed by atoms with van der Waals surface area (Å²) in [5, 5.41) is 2.89. The molecule has 0 unspecified atom stereocenters. The molecule has 0 spiro atoms. The largest absolute Gasteiger partial charge is 0.339 e. The van der Waals surface area contributed by atoms with Gasteiger partial charge in [0.05, 0.1) is 5.39 Å². The van der Waals surface area contributed by atoms with Gasteiger partial charge < -0.3 is 9.80 Å². The predicted octanol–water partition coefficient (Wildman–Crippen LogP) is 3.99. The lowest BCUT2D eigenvalue weighted by molar-refractivity contribution is 0.0748. The molecular weight excluding hydrogens is 432 g/mol. The Kier molecular flexibility index (Phi) is 4.94. The lowest BCUT2D eigenvalue weighted by Gasteiger charge is -2.36. The number of hydrogen-bond acceptors (Lipinski definition) is 5. The van der Waals surface area contributed by atoms with Crippen LogP contribution in [0.1, 0.15) is 33.6 Å². The van der Waals surface area contributed by atoms with Crippen LogP contribution in [-0.4, -0.2) is 46.5 Å². The minimum atomic E-state index is 0.0589. The number of aromatic nitrogens is 2. The molecule has 6 rings (SSSR count). The number of fused-ring (bicyclic) bond motifs is 4. The van der Waals surface area contributed by atoms with Gasteiger partial charge in [0.1, 0.15) is 4.83 Å². The van der Waals surface area contributed by atoms with E-state index < -0.39 is 0 Å². The molecule has 1 amide bonds. The molecule has 6 nitrogen and oxygen atoms in total. The van der Waals surface area contributed by atoms with Gasteiger partial charge in [0.25, 0.3) is 11.5 Å². The fourth-order valence-electron chi connectivity index (χ4n) is 5.25. The van der Waals surface area contributed by atoms with Crippen molar-refractivity contribution in [3.63, 3.8) is 0 Å². The van der Waals surface area contributed by atoms with Crippen molar-refractivity contribution < 1.29 is 4.79 Å². The lowest BCUT2D eigenvalue weighted by Crippen LogP contribution is -2.50. The zero-order chi connectivity index (χ0) is 22.5. The van der Waals surface area contributed by atoms with Crippen molar-refractivity contribution >= 4 is 44.2 Å². The molecular formula is C26H26N4O2S. The van der Waals surface area contributed by atoms with Gasteiger partial charge >= 0.3 is 0 Å². The van der Waals surface area contributed by atoms with Crippen molar-refractivity contribution in [3.05, 3.63) is 68.8 Å². The smallest absolute Gasteiger partial charge is 0.263 e.